The van der Waals surface area contributed by atoms with E-state index in [-0.39, 0.29) is 5.91 Å². The quantitative estimate of drug-likeness (QED) is 0.703. The number of aromatic nitrogens is 2. The molecule has 3 aromatic rings. The summed E-state index contributed by atoms with van der Waals surface area (Å²) in [4.78, 5) is 22.5. The lowest BCUT2D eigenvalue weighted by Crippen LogP contribution is -2.44. The smallest absolute Gasteiger partial charge is 0.227 e. The number of imidazole rings is 1. The molecule has 1 atom stereocenters. The largest absolute Gasteiger partial charge is 0.497 e. The SMILES string of the molecule is COc1cccc(CCC2CCCCN2C(=O)Cc2ccc3nc[nH]c3c2)c1. The van der Waals surface area contributed by atoms with Crippen molar-refractivity contribution in [1.29, 1.82) is 0 Å². The maximum Gasteiger partial charge on any atom is 0.227 e. The predicted octanol–water partition coefficient (Wildman–Crippen LogP) is 4.13. The molecule has 0 bridgehead atoms. The molecule has 2 aromatic carbocycles. The van der Waals surface area contributed by atoms with Gasteiger partial charge in [-0.05, 0) is 67.5 Å². The number of rotatable bonds is 6. The summed E-state index contributed by atoms with van der Waals surface area (Å²) in [6.07, 6.45) is 7.49. The molecule has 0 saturated carbocycles. The Morgan fingerprint density at radius 3 is 3.04 bits per heavy atom. The minimum atomic E-state index is 0.231. The lowest BCUT2D eigenvalue weighted by Gasteiger charge is -2.36. The molecule has 1 fully saturated rings. The summed E-state index contributed by atoms with van der Waals surface area (Å²) in [7, 11) is 1.70. The number of fused-ring (bicyclic) bond motifs is 1. The van der Waals surface area contributed by atoms with Gasteiger partial charge in [0.15, 0.2) is 0 Å². The summed E-state index contributed by atoms with van der Waals surface area (Å²) in [5, 5.41) is 0. The molecule has 5 nitrogen and oxygen atoms in total. The van der Waals surface area contributed by atoms with Gasteiger partial charge >= 0.3 is 0 Å². The van der Waals surface area contributed by atoms with Crippen molar-refractivity contribution in [3.8, 4) is 5.75 Å². The van der Waals surface area contributed by atoms with Gasteiger partial charge < -0.3 is 14.6 Å². The van der Waals surface area contributed by atoms with Crippen LogP contribution in [0.3, 0.4) is 0 Å². The number of nitrogens with zero attached hydrogens (tertiary/aromatic N) is 2. The molecule has 1 saturated heterocycles. The van der Waals surface area contributed by atoms with Crippen LogP contribution < -0.4 is 4.74 Å². The van der Waals surface area contributed by atoms with Gasteiger partial charge in [0.25, 0.3) is 0 Å². The fourth-order valence-electron chi connectivity index (χ4n) is 4.16. The molecular formula is C23H27N3O2. The first-order chi connectivity index (χ1) is 13.7. The molecule has 1 N–H and O–H groups in total. The van der Waals surface area contributed by atoms with E-state index in [0.717, 1.165) is 54.6 Å². The van der Waals surface area contributed by atoms with Crippen LogP contribution in [0, 0.1) is 0 Å². The van der Waals surface area contributed by atoms with Crippen LogP contribution in [-0.4, -0.2) is 40.5 Å². The maximum atomic E-state index is 13.0. The lowest BCUT2D eigenvalue weighted by molar-refractivity contribution is -0.134. The normalized spacial score (nSPS) is 17.0. The second-order valence-corrected chi connectivity index (χ2v) is 7.56. The molecule has 146 valence electrons. The van der Waals surface area contributed by atoms with Gasteiger partial charge in [-0.15, -0.1) is 0 Å². The molecule has 1 unspecified atom stereocenters. The van der Waals surface area contributed by atoms with Crippen molar-refractivity contribution in [2.24, 2.45) is 0 Å². The van der Waals surface area contributed by atoms with Crippen LogP contribution >= 0.6 is 0 Å². The van der Waals surface area contributed by atoms with Crippen molar-refractivity contribution < 1.29 is 9.53 Å². The number of carbonyl (C=O) groups is 1. The number of hydrogen-bond acceptors (Lipinski definition) is 3. The number of nitrogens with one attached hydrogen (secondary N) is 1. The Morgan fingerprint density at radius 1 is 1.21 bits per heavy atom. The van der Waals surface area contributed by atoms with E-state index >= 15 is 0 Å². The topological polar surface area (TPSA) is 58.2 Å². The molecule has 4 rings (SSSR count). The van der Waals surface area contributed by atoms with Gasteiger partial charge in [0.2, 0.25) is 5.91 Å². The number of carbonyl (C=O) groups excluding carboxylic acids is 1. The number of aryl methyl sites for hydroxylation is 1. The van der Waals surface area contributed by atoms with Crippen molar-refractivity contribution in [2.45, 2.75) is 44.6 Å². The van der Waals surface area contributed by atoms with E-state index in [0.29, 0.717) is 12.5 Å². The number of ether oxygens (including phenoxy) is 1. The van der Waals surface area contributed by atoms with Crippen molar-refractivity contribution in [2.75, 3.05) is 13.7 Å². The Balaban J connectivity index is 1.41. The average molecular weight is 377 g/mol. The van der Waals surface area contributed by atoms with Gasteiger partial charge in [0.1, 0.15) is 5.75 Å². The molecule has 0 aliphatic carbocycles. The lowest BCUT2D eigenvalue weighted by atomic mass is 9.95. The second-order valence-electron chi connectivity index (χ2n) is 7.56. The number of methoxy groups -OCH3 is 1. The molecule has 0 radical (unpaired) electrons. The molecule has 1 aliphatic rings. The Kier molecular flexibility index (Phi) is 5.60. The highest BCUT2D eigenvalue weighted by Gasteiger charge is 2.26. The summed E-state index contributed by atoms with van der Waals surface area (Å²) < 4.78 is 5.33. The molecule has 1 amide bonds. The van der Waals surface area contributed by atoms with E-state index in [1.807, 2.05) is 30.3 Å². The number of benzene rings is 2. The van der Waals surface area contributed by atoms with Crippen LogP contribution in [0.25, 0.3) is 11.0 Å². The monoisotopic (exact) mass is 377 g/mol. The molecule has 1 aromatic heterocycles. The molecule has 0 spiro atoms. The zero-order valence-electron chi connectivity index (χ0n) is 16.4. The van der Waals surface area contributed by atoms with E-state index in [1.54, 1.807) is 13.4 Å². The van der Waals surface area contributed by atoms with Crippen LogP contribution in [0.5, 0.6) is 5.75 Å². The summed E-state index contributed by atoms with van der Waals surface area (Å²) in [5.41, 5.74) is 4.23. The van der Waals surface area contributed by atoms with E-state index in [4.69, 9.17) is 4.74 Å². The average Bonchev–Trinajstić information content (AvgIpc) is 3.20. The van der Waals surface area contributed by atoms with Gasteiger partial charge in [-0.25, -0.2) is 4.98 Å². The predicted molar refractivity (Wildman–Crippen MR) is 110 cm³/mol. The van der Waals surface area contributed by atoms with Crippen molar-refractivity contribution in [3.05, 3.63) is 59.9 Å². The summed E-state index contributed by atoms with van der Waals surface area (Å²) in [5.74, 6) is 1.12. The first kappa shape index (κ1) is 18.5. The highest BCUT2D eigenvalue weighted by molar-refractivity contribution is 5.82. The number of hydrogen-bond donors (Lipinski definition) is 1. The highest BCUT2D eigenvalue weighted by atomic mass is 16.5. The van der Waals surface area contributed by atoms with Crippen LogP contribution in [0.4, 0.5) is 0 Å². The Hall–Kier alpha value is -2.82. The fraction of sp³-hybridized carbons (Fsp3) is 0.391. The second kappa shape index (κ2) is 8.46. The summed E-state index contributed by atoms with van der Waals surface area (Å²) in [6, 6.07) is 14.6. The van der Waals surface area contributed by atoms with E-state index in [1.165, 1.54) is 12.0 Å². The number of piperidine rings is 1. The molecular weight excluding hydrogens is 350 g/mol. The van der Waals surface area contributed by atoms with Gasteiger partial charge in [-0.1, -0.05) is 18.2 Å². The van der Waals surface area contributed by atoms with Gasteiger partial charge in [-0.3, -0.25) is 4.79 Å². The fourth-order valence-corrected chi connectivity index (χ4v) is 4.16. The third-order valence-corrected chi connectivity index (χ3v) is 5.69. The van der Waals surface area contributed by atoms with Crippen molar-refractivity contribution in [1.82, 2.24) is 14.9 Å². The minimum Gasteiger partial charge on any atom is -0.497 e. The maximum absolute atomic E-state index is 13.0. The molecule has 5 heteroatoms. The third kappa shape index (κ3) is 4.19. The minimum absolute atomic E-state index is 0.231. The third-order valence-electron chi connectivity index (χ3n) is 5.69. The van der Waals surface area contributed by atoms with Crippen molar-refractivity contribution >= 4 is 16.9 Å². The summed E-state index contributed by atoms with van der Waals surface area (Å²) >= 11 is 0. The van der Waals surface area contributed by atoms with Crippen LogP contribution in [0.2, 0.25) is 0 Å². The number of H-pyrrole nitrogens is 1. The van der Waals surface area contributed by atoms with Crippen LogP contribution in [0.1, 0.15) is 36.8 Å². The zero-order valence-corrected chi connectivity index (χ0v) is 16.4. The summed E-state index contributed by atoms with van der Waals surface area (Å²) in [6.45, 7) is 0.869. The number of amides is 1. The van der Waals surface area contributed by atoms with Gasteiger partial charge in [0, 0.05) is 12.6 Å². The van der Waals surface area contributed by atoms with E-state index in [2.05, 4.69) is 27.0 Å². The number of aromatic amines is 1. The van der Waals surface area contributed by atoms with Crippen LogP contribution in [0.15, 0.2) is 48.8 Å². The Bertz CT molecular complexity index is 950. The standard InChI is InChI=1S/C23H27N3O2/c1-28-20-7-4-5-17(13-20)8-10-19-6-2-3-12-26(19)23(27)15-18-9-11-21-22(14-18)25-16-24-21/h4-5,7,9,11,13-14,16,19H,2-3,6,8,10,12,15H2,1H3,(H,24,25). The van der Waals surface area contributed by atoms with Crippen molar-refractivity contribution in [3.63, 3.8) is 0 Å². The van der Waals surface area contributed by atoms with E-state index < -0.39 is 0 Å². The number of likely N-dealkylation sites (tertiary alicyclic amines) is 1. The Morgan fingerprint density at radius 2 is 2.14 bits per heavy atom. The first-order valence-electron chi connectivity index (χ1n) is 10.1. The molecule has 1 aliphatic heterocycles. The zero-order chi connectivity index (χ0) is 19.3. The van der Waals surface area contributed by atoms with E-state index in [9.17, 15) is 4.79 Å². The Labute approximate surface area is 165 Å². The molecule has 28 heavy (non-hydrogen) atoms. The molecule has 2 heterocycles. The highest BCUT2D eigenvalue weighted by Crippen LogP contribution is 2.24. The van der Waals surface area contributed by atoms with Gasteiger partial charge in [-0.2, -0.15) is 0 Å². The first-order valence-corrected chi connectivity index (χ1v) is 10.1. The van der Waals surface area contributed by atoms with Crippen LogP contribution in [-0.2, 0) is 17.6 Å². The van der Waals surface area contributed by atoms with Gasteiger partial charge in [0.05, 0.1) is 30.9 Å².